The summed E-state index contributed by atoms with van der Waals surface area (Å²) >= 11 is 0. The molecule has 160 valence electrons. The molecule has 0 aromatic heterocycles. The summed E-state index contributed by atoms with van der Waals surface area (Å²) in [7, 11) is -3.98. The quantitative estimate of drug-likeness (QED) is 0.374. The van der Waals surface area contributed by atoms with E-state index in [0.717, 1.165) is 48.6 Å². The average molecular weight is 431 g/mol. The maximum absolute atomic E-state index is 12.8. The lowest BCUT2D eigenvalue weighted by Gasteiger charge is -2.12. The van der Waals surface area contributed by atoms with Crippen LogP contribution in [-0.4, -0.2) is 19.1 Å². The first-order valence-corrected chi connectivity index (χ1v) is 11.4. The number of aryl methyl sites for hydroxylation is 2. The number of anilines is 2. The van der Waals surface area contributed by atoms with E-state index in [1.807, 2.05) is 13.0 Å². The fourth-order valence-corrected chi connectivity index (χ4v) is 4.59. The van der Waals surface area contributed by atoms with Gasteiger partial charge in [0.15, 0.2) is 0 Å². The van der Waals surface area contributed by atoms with Crippen LogP contribution in [0.4, 0.5) is 17.1 Å². The number of benzene rings is 2. The number of hydrogen-bond acceptors (Lipinski definition) is 6. The van der Waals surface area contributed by atoms with Crippen molar-refractivity contribution in [1.82, 2.24) is 0 Å². The van der Waals surface area contributed by atoms with Crippen molar-refractivity contribution < 1.29 is 13.3 Å². The van der Waals surface area contributed by atoms with E-state index in [-0.39, 0.29) is 16.3 Å². The number of hydrogen-bond donors (Lipinski definition) is 2. The molecule has 3 rings (SSSR count). The van der Waals surface area contributed by atoms with E-state index in [1.54, 1.807) is 19.1 Å². The Hall–Kier alpha value is -2.94. The van der Waals surface area contributed by atoms with Gasteiger partial charge in [-0.1, -0.05) is 30.5 Å². The summed E-state index contributed by atoms with van der Waals surface area (Å²) in [6.07, 6.45) is 6.19. The minimum atomic E-state index is -3.98. The summed E-state index contributed by atoms with van der Waals surface area (Å²) in [5, 5.41) is 15.9. The third-order valence-corrected chi connectivity index (χ3v) is 6.48. The molecule has 0 radical (unpaired) electrons. The number of nitrogens with one attached hydrogen (secondary N) is 2. The fraction of sp³-hybridized carbons (Fsp3) is 0.381. The molecule has 1 fully saturated rings. The molecule has 0 amide bonds. The molecule has 0 atom stereocenters. The molecule has 1 aliphatic carbocycles. The van der Waals surface area contributed by atoms with Gasteiger partial charge in [0.2, 0.25) is 0 Å². The predicted molar refractivity (Wildman–Crippen MR) is 119 cm³/mol. The van der Waals surface area contributed by atoms with Gasteiger partial charge in [0, 0.05) is 11.8 Å². The van der Waals surface area contributed by atoms with Crippen LogP contribution in [0.5, 0.6) is 0 Å². The Kier molecular flexibility index (Phi) is 6.71. The van der Waals surface area contributed by atoms with E-state index in [1.165, 1.54) is 25.0 Å². The monoisotopic (exact) mass is 430 g/mol. The predicted octanol–water partition coefficient (Wildman–Crippen LogP) is 5.13. The van der Waals surface area contributed by atoms with E-state index in [0.29, 0.717) is 5.69 Å². The minimum absolute atomic E-state index is 0.169. The van der Waals surface area contributed by atoms with E-state index in [9.17, 15) is 18.5 Å². The second-order valence-corrected chi connectivity index (χ2v) is 9.25. The third kappa shape index (κ3) is 5.35. The van der Waals surface area contributed by atoms with Gasteiger partial charge in [-0.3, -0.25) is 20.3 Å². The lowest BCUT2D eigenvalue weighted by Crippen LogP contribution is -2.14. The zero-order chi connectivity index (χ0) is 21.7. The highest BCUT2D eigenvalue weighted by Crippen LogP contribution is 2.29. The topological polar surface area (TPSA) is 114 Å². The molecule has 0 bridgehead atoms. The second-order valence-electron chi connectivity index (χ2n) is 7.56. The molecule has 8 nitrogen and oxygen atoms in total. The minimum Gasteiger partial charge on any atom is -0.279 e. The fourth-order valence-electron chi connectivity index (χ4n) is 3.44. The highest BCUT2D eigenvalue weighted by Gasteiger charge is 2.22. The number of nitro benzene ring substituents is 1. The van der Waals surface area contributed by atoms with E-state index in [4.69, 9.17) is 0 Å². The van der Waals surface area contributed by atoms with Crippen molar-refractivity contribution in [3.63, 3.8) is 0 Å². The molecule has 0 saturated heterocycles. The summed E-state index contributed by atoms with van der Waals surface area (Å²) in [5.74, 6) is 0. The molecular formula is C21H26N4O4S. The van der Waals surface area contributed by atoms with Crippen LogP contribution in [0.15, 0.2) is 46.4 Å². The molecule has 0 unspecified atom stereocenters. The highest BCUT2D eigenvalue weighted by molar-refractivity contribution is 7.92. The van der Waals surface area contributed by atoms with Gasteiger partial charge in [-0.2, -0.15) is 5.10 Å². The lowest BCUT2D eigenvalue weighted by atomic mass is 10.1. The largest absolute Gasteiger partial charge is 0.295 e. The number of hydrazone groups is 1. The summed E-state index contributed by atoms with van der Waals surface area (Å²) < 4.78 is 28.1. The van der Waals surface area contributed by atoms with E-state index < -0.39 is 14.9 Å². The molecule has 0 spiro atoms. The van der Waals surface area contributed by atoms with Crippen molar-refractivity contribution in [3.8, 4) is 0 Å². The maximum Gasteiger partial charge on any atom is 0.295 e. The van der Waals surface area contributed by atoms with Crippen LogP contribution in [0.2, 0.25) is 0 Å². The van der Waals surface area contributed by atoms with Crippen LogP contribution in [-0.2, 0) is 10.0 Å². The van der Waals surface area contributed by atoms with Crippen LogP contribution in [0.25, 0.3) is 0 Å². The van der Waals surface area contributed by atoms with Crippen molar-refractivity contribution in [3.05, 3.63) is 57.6 Å². The van der Waals surface area contributed by atoms with Crippen molar-refractivity contribution in [2.24, 2.45) is 5.10 Å². The Balaban J connectivity index is 1.86. The summed E-state index contributed by atoms with van der Waals surface area (Å²) in [6.45, 7) is 3.71. The van der Waals surface area contributed by atoms with Gasteiger partial charge in [0.25, 0.3) is 15.7 Å². The second kappa shape index (κ2) is 9.25. The Labute approximate surface area is 176 Å². The van der Waals surface area contributed by atoms with Crippen LogP contribution in [0.3, 0.4) is 0 Å². The summed E-state index contributed by atoms with van der Waals surface area (Å²) in [6, 6.07) is 9.12. The van der Waals surface area contributed by atoms with Crippen LogP contribution < -0.4 is 10.1 Å². The van der Waals surface area contributed by atoms with Crippen molar-refractivity contribution >= 4 is 32.8 Å². The smallest absolute Gasteiger partial charge is 0.279 e. The van der Waals surface area contributed by atoms with Gasteiger partial charge < -0.3 is 0 Å². The number of nitrogens with zero attached hydrogens (tertiary/aromatic N) is 2. The van der Waals surface area contributed by atoms with Gasteiger partial charge >= 0.3 is 0 Å². The number of nitro groups is 1. The van der Waals surface area contributed by atoms with Crippen molar-refractivity contribution in [1.29, 1.82) is 0 Å². The molecule has 2 aromatic carbocycles. The van der Waals surface area contributed by atoms with Gasteiger partial charge in [-0.25, -0.2) is 8.42 Å². The SMILES string of the molecule is Cc1ccc(NS(=O)(=O)c2ccc(NN=C3CCCCCC3)c([N+](=O)[O-])c2)c(C)c1. The normalized spacial score (nSPS) is 14.7. The highest BCUT2D eigenvalue weighted by atomic mass is 32.2. The third-order valence-electron chi connectivity index (χ3n) is 5.12. The zero-order valence-electron chi connectivity index (χ0n) is 17.1. The lowest BCUT2D eigenvalue weighted by molar-refractivity contribution is -0.384. The molecular weight excluding hydrogens is 404 g/mol. The summed E-state index contributed by atoms with van der Waals surface area (Å²) in [5.41, 5.74) is 5.80. The molecule has 9 heteroatoms. The van der Waals surface area contributed by atoms with Gasteiger partial charge in [0.05, 0.1) is 15.5 Å². The Morgan fingerprint density at radius 2 is 1.63 bits per heavy atom. The van der Waals surface area contributed by atoms with Crippen LogP contribution >= 0.6 is 0 Å². The Bertz CT molecular complexity index is 1070. The standard InChI is InChI=1S/C21H26N4O4S/c1-15-9-11-19(16(2)13-15)24-30(28,29)18-10-12-20(21(14-18)25(26)27)23-22-17-7-5-3-4-6-8-17/h9-14,23-24H,3-8H2,1-2H3. The van der Waals surface area contributed by atoms with E-state index in [2.05, 4.69) is 15.2 Å². The Morgan fingerprint density at radius 3 is 2.27 bits per heavy atom. The molecule has 1 saturated carbocycles. The molecule has 30 heavy (non-hydrogen) atoms. The molecule has 2 aromatic rings. The van der Waals surface area contributed by atoms with Crippen molar-refractivity contribution in [2.75, 3.05) is 10.1 Å². The summed E-state index contributed by atoms with van der Waals surface area (Å²) in [4.78, 5) is 10.8. The van der Waals surface area contributed by atoms with Crippen LogP contribution in [0.1, 0.15) is 49.7 Å². The van der Waals surface area contributed by atoms with Crippen LogP contribution in [0, 0.1) is 24.0 Å². The molecule has 1 aliphatic rings. The Morgan fingerprint density at radius 1 is 0.967 bits per heavy atom. The zero-order valence-corrected chi connectivity index (χ0v) is 18.0. The number of sulfonamides is 1. The molecule has 0 aliphatic heterocycles. The molecule has 2 N–H and O–H groups in total. The first-order chi connectivity index (χ1) is 14.3. The van der Waals surface area contributed by atoms with Gasteiger partial charge in [-0.15, -0.1) is 0 Å². The first-order valence-electron chi connectivity index (χ1n) is 9.96. The average Bonchev–Trinajstić information content (AvgIpc) is 2.97. The van der Waals surface area contributed by atoms with Gasteiger partial charge in [-0.05, 0) is 63.3 Å². The van der Waals surface area contributed by atoms with Gasteiger partial charge in [0.1, 0.15) is 5.69 Å². The van der Waals surface area contributed by atoms with Crippen molar-refractivity contribution in [2.45, 2.75) is 57.3 Å². The van der Waals surface area contributed by atoms with E-state index >= 15 is 0 Å². The molecule has 0 heterocycles. The number of rotatable bonds is 6. The maximum atomic E-state index is 12.8. The first kappa shape index (κ1) is 21.8.